The van der Waals surface area contributed by atoms with Crippen molar-refractivity contribution in [2.24, 2.45) is 5.92 Å². The zero-order valence-electron chi connectivity index (χ0n) is 24.4. The van der Waals surface area contributed by atoms with E-state index in [9.17, 15) is 9.59 Å². The molecule has 216 valence electrons. The molecule has 4 nitrogen and oxygen atoms in total. The largest absolute Gasteiger partial charge is 0.481 e. The zero-order chi connectivity index (χ0) is 27.2. The van der Waals surface area contributed by atoms with E-state index in [1.165, 1.54) is 122 Å². The van der Waals surface area contributed by atoms with Crippen LogP contribution in [0.25, 0.3) is 0 Å². The van der Waals surface area contributed by atoms with Gasteiger partial charge >= 0.3 is 11.9 Å². The summed E-state index contributed by atoms with van der Waals surface area (Å²) in [6, 6.07) is 0. The van der Waals surface area contributed by atoms with Crippen molar-refractivity contribution in [3.63, 3.8) is 0 Å². The Bertz CT molecular complexity index is 555. The van der Waals surface area contributed by atoms with E-state index in [1.807, 2.05) is 0 Å². The molecule has 0 amide bonds. The van der Waals surface area contributed by atoms with Crippen molar-refractivity contribution in [3.05, 3.63) is 24.8 Å². The minimum Gasteiger partial charge on any atom is -0.481 e. The first-order valence-electron chi connectivity index (χ1n) is 15.8. The summed E-state index contributed by atoms with van der Waals surface area (Å²) in [4.78, 5) is 22.9. The summed E-state index contributed by atoms with van der Waals surface area (Å²) >= 11 is 0. The molecular formula is C33H60O4. The third-order valence-electron chi connectivity index (χ3n) is 7.16. The molecule has 0 heterocycles. The highest BCUT2D eigenvalue weighted by molar-refractivity contribution is 5.79. The van der Waals surface area contributed by atoms with Crippen LogP contribution in [-0.4, -0.2) is 23.7 Å². The average molecular weight is 521 g/mol. The summed E-state index contributed by atoms with van der Waals surface area (Å²) in [6.07, 6.45) is 35.7. The van der Waals surface area contributed by atoms with E-state index in [-0.39, 0.29) is 13.0 Å². The molecule has 0 radical (unpaired) electrons. The van der Waals surface area contributed by atoms with Crippen molar-refractivity contribution < 1.29 is 19.4 Å². The summed E-state index contributed by atoms with van der Waals surface area (Å²) in [5.41, 5.74) is 0. The molecule has 0 bridgehead atoms. The predicted molar refractivity (Wildman–Crippen MR) is 158 cm³/mol. The van der Waals surface area contributed by atoms with Crippen molar-refractivity contribution >= 4 is 11.9 Å². The van der Waals surface area contributed by atoms with Crippen LogP contribution in [0.15, 0.2) is 24.8 Å². The van der Waals surface area contributed by atoms with Gasteiger partial charge in [-0.3, -0.25) is 9.59 Å². The SMILES string of the molecule is C=CCOC(=O)C(CCCC/C=C/CCCCCCCCCCCCCCCCCCCC)CC(=O)O. The van der Waals surface area contributed by atoms with Crippen molar-refractivity contribution in [1.29, 1.82) is 0 Å². The van der Waals surface area contributed by atoms with Gasteiger partial charge in [0, 0.05) is 0 Å². The predicted octanol–water partition coefficient (Wildman–Crippen LogP) is 10.4. The summed E-state index contributed by atoms with van der Waals surface area (Å²) in [7, 11) is 0. The minimum absolute atomic E-state index is 0.136. The lowest BCUT2D eigenvalue weighted by Gasteiger charge is -2.13. The lowest BCUT2D eigenvalue weighted by atomic mass is 9.98. The smallest absolute Gasteiger partial charge is 0.309 e. The molecule has 37 heavy (non-hydrogen) atoms. The molecule has 0 aliphatic carbocycles. The van der Waals surface area contributed by atoms with Crippen LogP contribution in [0.3, 0.4) is 0 Å². The van der Waals surface area contributed by atoms with Crippen LogP contribution in [0.1, 0.15) is 161 Å². The first-order valence-corrected chi connectivity index (χ1v) is 15.8. The van der Waals surface area contributed by atoms with Gasteiger partial charge in [0.1, 0.15) is 6.61 Å². The van der Waals surface area contributed by atoms with Gasteiger partial charge in [0.25, 0.3) is 0 Å². The van der Waals surface area contributed by atoms with Crippen molar-refractivity contribution in [2.45, 2.75) is 161 Å². The Hall–Kier alpha value is -1.58. The molecule has 0 spiro atoms. The van der Waals surface area contributed by atoms with Gasteiger partial charge in [-0.2, -0.15) is 0 Å². The Morgan fingerprint density at radius 3 is 1.49 bits per heavy atom. The average Bonchev–Trinajstić information content (AvgIpc) is 2.88. The van der Waals surface area contributed by atoms with E-state index >= 15 is 0 Å². The number of carboxylic acid groups (broad SMARTS) is 1. The molecule has 1 unspecified atom stereocenters. The number of rotatable bonds is 29. The Labute approximate surface area is 229 Å². The second-order valence-electron chi connectivity index (χ2n) is 10.8. The monoisotopic (exact) mass is 520 g/mol. The van der Waals surface area contributed by atoms with E-state index in [4.69, 9.17) is 9.84 Å². The zero-order valence-corrected chi connectivity index (χ0v) is 24.4. The lowest BCUT2D eigenvalue weighted by Crippen LogP contribution is -2.21. The maximum atomic E-state index is 12.0. The van der Waals surface area contributed by atoms with Crippen LogP contribution in [-0.2, 0) is 14.3 Å². The summed E-state index contributed by atoms with van der Waals surface area (Å²) < 4.78 is 5.03. The van der Waals surface area contributed by atoms with Gasteiger partial charge in [0.05, 0.1) is 12.3 Å². The third kappa shape index (κ3) is 27.3. The number of carbonyl (C=O) groups is 2. The molecule has 0 aromatic rings. The topological polar surface area (TPSA) is 63.6 Å². The first kappa shape index (κ1) is 35.4. The van der Waals surface area contributed by atoms with Crippen molar-refractivity contribution in [3.8, 4) is 0 Å². The number of hydrogen-bond donors (Lipinski definition) is 1. The molecule has 0 aromatic heterocycles. The summed E-state index contributed by atoms with van der Waals surface area (Å²) in [5.74, 6) is -1.93. The van der Waals surface area contributed by atoms with E-state index in [1.54, 1.807) is 0 Å². The van der Waals surface area contributed by atoms with Gasteiger partial charge in [-0.25, -0.2) is 0 Å². The molecule has 0 aliphatic heterocycles. The van der Waals surface area contributed by atoms with E-state index in [0.29, 0.717) is 6.42 Å². The fraction of sp³-hybridized carbons (Fsp3) is 0.818. The normalized spacial score (nSPS) is 12.1. The van der Waals surface area contributed by atoms with Crippen molar-refractivity contribution in [1.82, 2.24) is 0 Å². The number of aliphatic carboxylic acids is 1. The molecule has 1 N–H and O–H groups in total. The molecule has 0 aliphatic rings. The van der Waals surface area contributed by atoms with E-state index in [0.717, 1.165) is 25.7 Å². The number of esters is 1. The number of ether oxygens (including phenoxy) is 1. The quantitative estimate of drug-likeness (QED) is 0.0605. The maximum Gasteiger partial charge on any atom is 0.309 e. The van der Waals surface area contributed by atoms with Crippen LogP contribution < -0.4 is 0 Å². The van der Waals surface area contributed by atoms with Gasteiger partial charge < -0.3 is 9.84 Å². The van der Waals surface area contributed by atoms with Crippen LogP contribution in [0.4, 0.5) is 0 Å². The van der Waals surface area contributed by atoms with Crippen molar-refractivity contribution in [2.75, 3.05) is 6.61 Å². The summed E-state index contributed by atoms with van der Waals surface area (Å²) in [6.45, 7) is 5.94. The maximum absolute atomic E-state index is 12.0. The second kappa shape index (κ2) is 29.0. The Morgan fingerprint density at radius 2 is 1.08 bits per heavy atom. The molecule has 0 aromatic carbocycles. The fourth-order valence-electron chi connectivity index (χ4n) is 4.83. The minimum atomic E-state index is -0.954. The Morgan fingerprint density at radius 1 is 0.676 bits per heavy atom. The highest BCUT2D eigenvalue weighted by Gasteiger charge is 2.22. The number of allylic oxidation sites excluding steroid dienone is 2. The molecule has 0 rings (SSSR count). The third-order valence-corrected chi connectivity index (χ3v) is 7.16. The Kier molecular flexibility index (Phi) is 27.7. The van der Waals surface area contributed by atoms with Crippen LogP contribution >= 0.6 is 0 Å². The van der Waals surface area contributed by atoms with E-state index < -0.39 is 17.9 Å². The molecule has 0 saturated heterocycles. The van der Waals surface area contributed by atoms with Crippen LogP contribution in [0.5, 0.6) is 0 Å². The van der Waals surface area contributed by atoms with Gasteiger partial charge in [-0.1, -0.05) is 147 Å². The number of unbranched alkanes of at least 4 members (excludes halogenated alkanes) is 20. The standard InChI is InChI=1S/C33H60O4/c1-3-5-6-7-8-9-10-11-12-13-14-15-16-17-18-19-20-21-22-23-24-25-26-27-28-31(30-32(34)35)33(36)37-29-4-2/h4,23-24,31H,2-3,5-22,25-30H2,1H3,(H,34,35)/b24-23+. The second-order valence-corrected chi connectivity index (χ2v) is 10.8. The van der Waals surface area contributed by atoms with Gasteiger partial charge in [-0.05, 0) is 32.1 Å². The molecule has 1 atom stereocenters. The highest BCUT2D eigenvalue weighted by atomic mass is 16.5. The van der Waals surface area contributed by atoms with Crippen LogP contribution in [0.2, 0.25) is 0 Å². The molecule has 4 heteroatoms. The summed E-state index contributed by atoms with van der Waals surface area (Å²) in [5, 5.41) is 9.01. The fourth-order valence-corrected chi connectivity index (χ4v) is 4.83. The number of hydrogen-bond acceptors (Lipinski definition) is 3. The lowest BCUT2D eigenvalue weighted by molar-refractivity contribution is -0.152. The number of carboxylic acids is 1. The van der Waals surface area contributed by atoms with Gasteiger partial charge in [-0.15, -0.1) is 0 Å². The highest BCUT2D eigenvalue weighted by Crippen LogP contribution is 2.17. The first-order chi connectivity index (χ1) is 18.1. The molecular weight excluding hydrogens is 460 g/mol. The van der Waals surface area contributed by atoms with Gasteiger partial charge in [0.2, 0.25) is 0 Å². The van der Waals surface area contributed by atoms with Crippen LogP contribution in [0, 0.1) is 5.92 Å². The molecule has 0 saturated carbocycles. The van der Waals surface area contributed by atoms with E-state index in [2.05, 4.69) is 25.7 Å². The number of carbonyl (C=O) groups excluding carboxylic acids is 1. The van der Waals surface area contributed by atoms with Gasteiger partial charge in [0.15, 0.2) is 0 Å². The molecule has 0 fully saturated rings. The Balaban J connectivity index is 3.41.